The first-order valence-electron chi connectivity index (χ1n) is 11.5. The van der Waals surface area contributed by atoms with Crippen molar-refractivity contribution in [2.75, 3.05) is 16.8 Å². The van der Waals surface area contributed by atoms with E-state index in [4.69, 9.17) is 23.8 Å². The van der Waals surface area contributed by atoms with Crippen molar-refractivity contribution in [3.05, 3.63) is 98.9 Å². The first kappa shape index (κ1) is 25.2. The van der Waals surface area contributed by atoms with Gasteiger partial charge in [0.25, 0.3) is 11.8 Å². The number of anilines is 2. The number of fused-ring (bicyclic) bond motifs is 1. The summed E-state index contributed by atoms with van der Waals surface area (Å²) >= 11 is 12.9. The summed E-state index contributed by atoms with van der Waals surface area (Å²) in [5.74, 6) is -1.09. The van der Waals surface area contributed by atoms with Crippen LogP contribution in [0, 0.1) is 13.8 Å². The molecule has 1 fully saturated rings. The van der Waals surface area contributed by atoms with Gasteiger partial charge in [0.1, 0.15) is 10.9 Å². The lowest BCUT2D eigenvalue weighted by atomic mass is 10.1. The van der Waals surface area contributed by atoms with Crippen molar-refractivity contribution in [3.63, 3.8) is 0 Å². The molecule has 0 radical (unpaired) electrons. The number of nitrogens with one attached hydrogen (secondary N) is 1. The summed E-state index contributed by atoms with van der Waals surface area (Å²) < 4.78 is 0.351. The Hall–Kier alpha value is -3.46. The van der Waals surface area contributed by atoms with Gasteiger partial charge in [-0.05, 0) is 48.7 Å². The fourth-order valence-corrected chi connectivity index (χ4v) is 5.87. The molecule has 1 saturated heterocycles. The quantitative estimate of drug-likeness (QED) is 0.327. The van der Waals surface area contributed by atoms with Gasteiger partial charge in [0, 0.05) is 16.3 Å². The van der Waals surface area contributed by atoms with Crippen LogP contribution in [0.4, 0.5) is 11.4 Å². The normalized spacial score (nSPS) is 17.0. The Kier molecular flexibility index (Phi) is 6.90. The molecule has 0 spiro atoms. The van der Waals surface area contributed by atoms with Gasteiger partial charge < -0.3 is 5.32 Å². The van der Waals surface area contributed by atoms with Gasteiger partial charge in [-0.3, -0.25) is 24.2 Å². The lowest BCUT2D eigenvalue weighted by Gasteiger charge is -2.17. The topological polar surface area (TPSA) is 69.7 Å². The highest BCUT2D eigenvalue weighted by molar-refractivity contribution is 8.26. The summed E-state index contributed by atoms with van der Waals surface area (Å²) in [5, 5.41) is 3.44. The Morgan fingerprint density at radius 2 is 1.70 bits per heavy atom. The van der Waals surface area contributed by atoms with Crippen molar-refractivity contribution in [1.82, 2.24) is 4.90 Å². The van der Waals surface area contributed by atoms with E-state index < -0.39 is 5.91 Å². The highest BCUT2D eigenvalue weighted by atomic mass is 35.5. The predicted octanol–water partition coefficient (Wildman–Crippen LogP) is 5.71. The standard InChI is InChI=1S/C28H22ClN3O3S2/c1-16-11-12-17(2)21(13-16)30-23(33)15-31-22-10-6-4-8-19(22)24(26(31)34)25-27(35)32(28(36)37-25)14-18-7-3-5-9-20(18)29/h3-13H,14-15H2,1-2H3,(H,30,33)/b25-24-. The van der Waals surface area contributed by atoms with Gasteiger partial charge in [-0.2, -0.15) is 0 Å². The van der Waals surface area contributed by atoms with E-state index in [-0.39, 0.29) is 35.4 Å². The minimum absolute atomic E-state index is 0.188. The summed E-state index contributed by atoms with van der Waals surface area (Å²) in [5.41, 5.74) is 4.84. The molecule has 1 N–H and O–H groups in total. The lowest BCUT2D eigenvalue weighted by Crippen LogP contribution is -2.35. The monoisotopic (exact) mass is 547 g/mol. The zero-order valence-electron chi connectivity index (χ0n) is 20.1. The summed E-state index contributed by atoms with van der Waals surface area (Å²) in [6, 6.07) is 20.2. The summed E-state index contributed by atoms with van der Waals surface area (Å²) in [4.78, 5) is 43.3. The molecule has 0 bridgehead atoms. The number of aryl methyl sites for hydroxylation is 2. The third kappa shape index (κ3) is 4.80. The van der Waals surface area contributed by atoms with Crippen molar-refractivity contribution < 1.29 is 14.4 Å². The van der Waals surface area contributed by atoms with Gasteiger partial charge in [0.05, 0.1) is 22.7 Å². The van der Waals surface area contributed by atoms with Crippen molar-refractivity contribution in [1.29, 1.82) is 0 Å². The smallest absolute Gasteiger partial charge is 0.267 e. The van der Waals surface area contributed by atoms with E-state index in [0.29, 0.717) is 26.3 Å². The molecule has 2 heterocycles. The number of carbonyl (C=O) groups excluding carboxylic acids is 3. The number of thioether (sulfide) groups is 1. The Morgan fingerprint density at radius 3 is 2.49 bits per heavy atom. The van der Waals surface area contributed by atoms with Gasteiger partial charge >= 0.3 is 0 Å². The Balaban J connectivity index is 1.44. The Morgan fingerprint density at radius 1 is 0.973 bits per heavy atom. The molecule has 2 aliphatic heterocycles. The van der Waals surface area contributed by atoms with E-state index in [1.807, 2.05) is 50.2 Å². The van der Waals surface area contributed by atoms with E-state index in [2.05, 4.69) is 5.32 Å². The van der Waals surface area contributed by atoms with E-state index in [1.165, 1.54) is 9.80 Å². The number of amides is 3. The Labute approximate surface area is 229 Å². The molecule has 0 atom stereocenters. The number of para-hydroxylation sites is 1. The van der Waals surface area contributed by atoms with Gasteiger partial charge in [-0.1, -0.05) is 84.1 Å². The van der Waals surface area contributed by atoms with Crippen LogP contribution in [0.3, 0.4) is 0 Å². The second-order valence-corrected chi connectivity index (χ2v) is 10.9. The number of rotatable bonds is 5. The lowest BCUT2D eigenvalue weighted by molar-refractivity contribution is -0.122. The second-order valence-electron chi connectivity index (χ2n) is 8.83. The third-order valence-electron chi connectivity index (χ3n) is 6.25. The number of hydrogen-bond acceptors (Lipinski definition) is 5. The van der Waals surface area contributed by atoms with Crippen LogP contribution in [0.25, 0.3) is 5.57 Å². The molecular weight excluding hydrogens is 526 g/mol. The highest BCUT2D eigenvalue weighted by Gasteiger charge is 2.42. The van der Waals surface area contributed by atoms with E-state index >= 15 is 0 Å². The number of halogens is 1. The maximum atomic E-state index is 13.7. The molecule has 3 amide bonds. The van der Waals surface area contributed by atoms with E-state index in [0.717, 1.165) is 28.5 Å². The number of thiocarbonyl (C=S) groups is 1. The van der Waals surface area contributed by atoms with Crippen LogP contribution in [0.2, 0.25) is 5.02 Å². The SMILES string of the molecule is Cc1ccc(C)c(NC(=O)CN2C(=O)/C(=C3\SC(=S)N(Cc4ccccc4Cl)C3=O)c3ccccc32)c1. The van der Waals surface area contributed by atoms with E-state index in [1.54, 1.807) is 30.3 Å². The largest absolute Gasteiger partial charge is 0.324 e. The average molecular weight is 548 g/mol. The van der Waals surface area contributed by atoms with Crippen molar-refractivity contribution >= 4 is 74.6 Å². The average Bonchev–Trinajstić information content (AvgIpc) is 3.30. The molecule has 3 aromatic rings. The molecule has 6 nitrogen and oxygen atoms in total. The molecule has 3 aromatic carbocycles. The number of benzene rings is 3. The zero-order valence-corrected chi connectivity index (χ0v) is 22.5. The van der Waals surface area contributed by atoms with Crippen molar-refractivity contribution in [3.8, 4) is 0 Å². The van der Waals surface area contributed by atoms with Crippen LogP contribution in [0.5, 0.6) is 0 Å². The molecule has 0 saturated carbocycles. The first-order chi connectivity index (χ1) is 17.7. The molecule has 0 aliphatic carbocycles. The second kappa shape index (κ2) is 10.1. The van der Waals surface area contributed by atoms with Crippen LogP contribution < -0.4 is 10.2 Å². The summed E-state index contributed by atoms with van der Waals surface area (Å²) in [6.45, 7) is 3.88. The maximum absolute atomic E-state index is 13.7. The molecule has 2 aliphatic rings. The van der Waals surface area contributed by atoms with Crippen LogP contribution in [0.1, 0.15) is 22.3 Å². The first-order valence-corrected chi connectivity index (χ1v) is 13.1. The van der Waals surface area contributed by atoms with Gasteiger partial charge in [0.15, 0.2) is 0 Å². The maximum Gasteiger partial charge on any atom is 0.267 e. The van der Waals surface area contributed by atoms with Crippen LogP contribution in [-0.4, -0.2) is 33.5 Å². The van der Waals surface area contributed by atoms with Gasteiger partial charge in [-0.25, -0.2) is 0 Å². The molecular formula is C28H22ClN3O3S2. The Bertz CT molecular complexity index is 1520. The molecule has 0 aromatic heterocycles. The molecule has 37 heavy (non-hydrogen) atoms. The van der Waals surface area contributed by atoms with E-state index in [9.17, 15) is 14.4 Å². The zero-order chi connectivity index (χ0) is 26.3. The van der Waals surface area contributed by atoms with Crippen molar-refractivity contribution in [2.45, 2.75) is 20.4 Å². The fourth-order valence-electron chi connectivity index (χ4n) is 4.34. The number of carbonyl (C=O) groups is 3. The molecule has 5 rings (SSSR count). The highest BCUT2D eigenvalue weighted by Crippen LogP contribution is 2.45. The minimum atomic E-state index is -0.407. The van der Waals surface area contributed by atoms with Crippen molar-refractivity contribution in [2.24, 2.45) is 0 Å². The number of nitrogens with zero attached hydrogens (tertiary/aromatic N) is 2. The minimum Gasteiger partial charge on any atom is -0.324 e. The third-order valence-corrected chi connectivity index (χ3v) is 8.07. The molecule has 186 valence electrons. The van der Waals surface area contributed by atoms with Crippen LogP contribution in [-0.2, 0) is 20.9 Å². The predicted molar refractivity (Wildman–Crippen MR) is 152 cm³/mol. The summed E-state index contributed by atoms with van der Waals surface area (Å²) in [6.07, 6.45) is 0. The van der Waals surface area contributed by atoms with Crippen LogP contribution in [0.15, 0.2) is 71.6 Å². The van der Waals surface area contributed by atoms with Crippen LogP contribution >= 0.6 is 35.6 Å². The van der Waals surface area contributed by atoms with Gasteiger partial charge in [-0.15, -0.1) is 0 Å². The number of hydrogen-bond donors (Lipinski definition) is 1. The van der Waals surface area contributed by atoms with Gasteiger partial charge in [0.2, 0.25) is 5.91 Å². The molecule has 9 heteroatoms. The molecule has 0 unspecified atom stereocenters. The summed E-state index contributed by atoms with van der Waals surface area (Å²) in [7, 11) is 0. The fraction of sp³-hybridized carbons (Fsp3) is 0.143.